The molecule has 2 bridgehead atoms. The molecule has 0 saturated carbocycles. The minimum Gasteiger partial charge on any atom is -0.395 e. The first-order chi connectivity index (χ1) is 15.0. The molecule has 3 saturated heterocycles. The predicted molar refractivity (Wildman–Crippen MR) is 124 cm³/mol. The molecule has 0 aliphatic carbocycles. The average molecular weight is 512 g/mol. The lowest BCUT2D eigenvalue weighted by Gasteiger charge is -2.42. The number of hydrogen-bond acceptors (Lipinski definition) is 5. The number of carbonyl (C=O) groups excluding carboxylic acids is 3. The lowest BCUT2D eigenvalue weighted by molar-refractivity contribution is -0.152. The van der Waals surface area contributed by atoms with Crippen molar-refractivity contribution >= 4 is 33.7 Å². The molecule has 0 aromatic rings. The Bertz CT molecular complexity index is 812. The molecular formula is C23H34BrN3O5. The lowest BCUT2D eigenvalue weighted by Crippen LogP contribution is -2.60. The molecule has 0 aromatic heterocycles. The van der Waals surface area contributed by atoms with Gasteiger partial charge in [-0.3, -0.25) is 14.4 Å². The summed E-state index contributed by atoms with van der Waals surface area (Å²) in [6.45, 7) is 13.6. The monoisotopic (exact) mass is 511 g/mol. The first kappa shape index (κ1) is 24.9. The third-order valence-electron chi connectivity index (χ3n) is 6.82. The molecule has 1 spiro atoms. The van der Waals surface area contributed by atoms with Gasteiger partial charge in [-0.15, -0.1) is 13.2 Å². The Labute approximate surface area is 198 Å². The van der Waals surface area contributed by atoms with Crippen molar-refractivity contribution in [1.82, 2.24) is 14.7 Å². The van der Waals surface area contributed by atoms with Crippen LogP contribution in [0.3, 0.4) is 0 Å². The molecule has 8 nitrogen and oxygen atoms in total. The zero-order valence-electron chi connectivity index (χ0n) is 19.3. The van der Waals surface area contributed by atoms with Crippen LogP contribution < -0.4 is 0 Å². The summed E-state index contributed by atoms with van der Waals surface area (Å²) in [4.78, 5) is 45.4. The number of fused-ring (bicyclic) bond motifs is 1. The number of β-amino-alcohol motifs (C(OH)–C–C–N with tert-alkyl or cyclic N) is 1. The normalized spacial score (nSPS) is 33.2. The number of amides is 3. The summed E-state index contributed by atoms with van der Waals surface area (Å²) < 4.78 is 6.44. The highest BCUT2D eigenvalue weighted by Crippen LogP contribution is 2.60. The molecule has 0 radical (unpaired) electrons. The first-order valence-electron chi connectivity index (χ1n) is 11.0. The quantitative estimate of drug-likeness (QED) is 0.390. The summed E-state index contributed by atoms with van der Waals surface area (Å²) in [6, 6.07) is -0.918. The number of ether oxygens (including phenoxy) is 1. The summed E-state index contributed by atoms with van der Waals surface area (Å²) in [5.74, 6) is -2.24. The Hall–Kier alpha value is -1.71. The van der Waals surface area contributed by atoms with E-state index in [-0.39, 0.29) is 35.7 Å². The van der Waals surface area contributed by atoms with Crippen LogP contribution in [0.1, 0.15) is 27.2 Å². The van der Waals surface area contributed by atoms with Gasteiger partial charge in [-0.05, 0) is 27.2 Å². The van der Waals surface area contributed by atoms with E-state index in [1.54, 1.807) is 24.1 Å². The number of rotatable bonds is 8. The van der Waals surface area contributed by atoms with E-state index in [9.17, 15) is 19.5 Å². The van der Waals surface area contributed by atoms with Crippen molar-refractivity contribution in [2.75, 3.05) is 33.3 Å². The summed E-state index contributed by atoms with van der Waals surface area (Å²) in [7, 11) is 1.67. The molecule has 0 aromatic carbocycles. The number of likely N-dealkylation sites (tertiary alicyclic amines) is 1. The average Bonchev–Trinajstić information content (AvgIpc) is 3.29. The highest BCUT2D eigenvalue weighted by Gasteiger charge is 2.76. The molecule has 3 heterocycles. The Kier molecular flexibility index (Phi) is 6.94. The number of likely N-dealkylation sites (N-methyl/N-ethyl adjacent to an activating group) is 1. The van der Waals surface area contributed by atoms with E-state index in [0.717, 1.165) is 0 Å². The molecular weight excluding hydrogens is 478 g/mol. The standard InChI is InChI=1S/C23H34BrN3O5/c1-7-9-25(6)19(29)15-16-20(30)26(11-12-28)18(23(16)13-14(24)17(15)32-23)21(31)27(10-8-2)22(3,4)5/h7-8,14-18,28H,1-2,9-13H2,3-6H3/t14?,15-,16-,17-,18?,23?/m0/s1. The molecule has 3 fully saturated rings. The number of aliphatic hydroxyl groups excluding tert-OH is 1. The van der Waals surface area contributed by atoms with Gasteiger partial charge < -0.3 is 24.5 Å². The lowest BCUT2D eigenvalue weighted by atomic mass is 9.70. The second-order valence-electron chi connectivity index (χ2n) is 9.83. The van der Waals surface area contributed by atoms with Crippen molar-refractivity contribution in [3.8, 4) is 0 Å². The van der Waals surface area contributed by atoms with Gasteiger partial charge in [0.05, 0.1) is 24.5 Å². The maximum atomic E-state index is 14.0. The second-order valence-corrected chi connectivity index (χ2v) is 11.0. The van der Waals surface area contributed by atoms with Crippen LogP contribution >= 0.6 is 15.9 Å². The number of aliphatic hydroxyl groups is 1. The number of carbonyl (C=O) groups is 3. The molecule has 3 rings (SSSR count). The van der Waals surface area contributed by atoms with Crippen molar-refractivity contribution in [2.45, 2.75) is 55.3 Å². The van der Waals surface area contributed by atoms with Crippen LogP contribution in [-0.4, -0.2) is 98.9 Å². The second kappa shape index (κ2) is 8.91. The van der Waals surface area contributed by atoms with Crippen molar-refractivity contribution < 1.29 is 24.2 Å². The highest BCUT2D eigenvalue weighted by atomic mass is 79.9. The van der Waals surface area contributed by atoms with Gasteiger partial charge >= 0.3 is 0 Å². The fraction of sp³-hybridized carbons (Fsp3) is 0.696. The van der Waals surface area contributed by atoms with Crippen molar-refractivity contribution in [3.63, 3.8) is 0 Å². The molecule has 178 valence electrons. The molecule has 9 heteroatoms. The SMILES string of the molecule is C=CCN(C)C(=O)[C@H]1[C@H]2C(=O)N(CCO)C(C(=O)N(CC=C)C(C)(C)C)C23CC(Br)[C@@H]1O3. The summed E-state index contributed by atoms with van der Waals surface area (Å²) in [5, 5.41) is 9.69. The zero-order chi connectivity index (χ0) is 24.0. The van der Waals surface area contributed by atoms with E-state index in [1.807, 2.05) is 20.8 Å². The van der Waals surface area contributed by atoms with Crippen LogP contribution in [0.25, 0.3) is 0 Å². The van der Waals surface area contributed by atoms with Gasteiger partial charge in [0.25, 0.3) is 0 Å². The molecule has 6 atom stereocenters. The van der Waals surface area contributed by atoms with Gasteiger partial charge in [0.1, 0.15) is 11.6 Å². The number of alkyl halides is 1. The maximum Gasteiger partial charge on any atom is 0.249 e. The van der Waals surface area contributed by atoms with Crippen LogP contribution in [0.15, 0.2) is 25.3 Å². The fourth-order valence-corrected chi connectivity index (χ4v) is 6.49. The largest absolute Gasteiger partial charge is 0.395 e. The van der Waals surface area contributed by atoms with Gasteiger partial charge in [-0.25, -0.2) is 0 Å². The van der Waals surface area contributed by atoms with E-state index in [4.69, 9.17) is 4.74 Å². The van der Waals surface area contributed by atoms with E-state index >= 15 is 0 Å². The molecule has 3 unspecified atom stereocenters. The van der Waals surface area contributed by atoms with Crippen molar-refractivity contribution in [1.29, 1.82) is 0 Å². The van der Waals surface area contributed by atoms with Gasteiger partial charge in [0.15, 0.2) is 0 Å². The molecule has 3 amide bonds. The minimum atomic E-state index is -1.12. The van der Waals surface area contributed by atoms with Crippen molar-refractivity contribution in [2.24, 2.45) is 11.8 Å². The van der Waals surface area contributed by atoms with E-state index in [2.05, 4.69) is 29.1 Å². The van der Waals surface area contributed by atoms with E-state index in [0.29, 0.717) is 19.5 Å². The van der Waals surface area contributed by atoms with Gasteiger partial charge in [-0.2, -0.15) is 0 Å². The van der Waals surface area contributed by atoms with Crippen LogP contribution in [0.2, 0.25) is 0 Å². The molecule has 3 aliphatic rings. The Morgan fingerprint density at radius 3 is 2.44 bits per heavy atom. The smallest absolute Gasteiger partial charge is 0.249 e. The molecule has 1 N–H and O–H groups in total. The van der Waals surface area contributed by atoms with Gasteiger partial charge in [-0.1, -0.05) is 28.1 Å². The maximum absolute atomic E-state index is 14.0. The molecule has 3 aliphatic heterocycles. The van der Waals surface area contributed by atoms with E-state index in [1.165, 1.54) is 9.80 Å². The number of nitrogens with zero attached hydrogens (tertiary/aromatic N) is 3. The van der Waals surface area contributed by atoms with Crippen LogP contribution in [0, 0.1) is 11.8 Å². The Morgan fingerprint density at radius 1 is 1.28 bits per heavy atom. The zero-order valence-corrected chi connectivity index (χ0v) is 20.9. The predicted octanol–water partition coefficient (Wildman–Crippen LogP) is 1.18. The van der Waals surface area contributed by atoms with Crippen LogP contribution in [-0.2, 0) is 19.1 Å². The third kappa shape index (κ3) is 3.72. The van der Waals surface area contributed by atoms with Crippen molar-refractivity contribution in [3.05, 3.63) is 25.3 Å². The fourth-order valence-electron chi connectivity index (χ4n) is 5.55. The van der Waals surface area contributed by atoms with Gasteiger partial charge in [0, 0.05) is 37.0 Å². The third-order valence-corrected chi connectivity index (χ3v) is 7.66. The number of halogens is 1. The van der Waals surface area contributed by atoms with E-state index < -0.39 is 35.1 Å². The van der Waals surface area contributed by atoms with Crippen LogP contribution in [0.4, 0.5) is 0 Å². The Balaban J connectivity index is 2.09. The first-order valence-corrected chi connectivity index (χ1v) is 11.9. The Morgan fingerprint density at radius 2 is 1.91 bits per heavy atom. The summed E-state index contributed by atoms with van der Waals surface area (Å²) >= 11 is 3.65. The number of hydrogen-bond donors (Lipinski definition) is 1. The summed E-state index contributed by atoms with van der Waals surface area (Å²) in [5.41, 5.74) is -1.64. The van der Waals surface area contributed by atoms with Gasteiger partial charge in [0.2, 0.25) is 17.7 Å². The molecule has 32 heavy (non-hydrogen) atoms. The minimum absolute atomic E-state index is 0.00392. The highest BCUT2D eigenvalue weighted by molar-refractivity contribution is 9.09. The summed E-state index contributed by atoms with van der Waals surface area (Å²) in [6.07, 6.45) is 3.22. The topological polar surface area (TPSA) is 90.4 Å². The van der Waals surface area contributed by atoms with Crippen LogP contribution in [0.5, 0.6) is 0 Å².